The largest absolute Gasteiger partial charge is 0.454 e. The van der Waals surface area contributed by atoms with E-state index in [-0.39, 0.29) is 24.6 Å². The van der Waals surface area contributed by atoms with E-state index in [0.29, 0.717) is 18.6 Å². The Balaban J connectivity index is 1.55. The molecular formula is C18H18FNO3. The zero-order valence-corrected chi connectivity index (χ0v) is 12.8. The lowest BCUT2D eigenvalue weighted by atomic mass is 10.1. The van der Waals surface area contributed by atoms with Gasteiger partial charge in [0.25, 0.3) is 0 Å². The van der Waals surface area contributed by atoms with Crippen LogP contribution in [0.1, 0.15) is 30.5 Å². The normalized spacial score (nSPS) is 13.7. The first kappa shape index (κ1) is 15.3. The molecule has 3 rings (SSSR count). The summed E-state index contributed by atoms with van der Waals surface area (Å²) in [6, 6.07) is 11.8. The van der Waals surface area contributed by atoms with Crippen LogP contribution in [-0.4, -0.2) is 12.7 Å². The van der Waals surface area contributed by atoms with E-state index in [1.165, 1.54) is 12.1 Å². The Morgan fingerprint density at radius 3 is 2.87 bits per heavy atom. The first-order valence-electron chi connectivity index (χ1n) is 7.55. The number of benzene rings is 2. The van der Waals surface area contributed by atoms with Gasteiger partial charge in [-0.25, -0.2) is 4.39 Å². The zero-order valence-electron chi connectivity index (χ0n) is 12.8. The number of nitrogens with one attached hydrogen (secondary N) is 1. The molecule has 0 aliphatic carbocycles. The summed E-state index contributed by atoms with van der Waals surface area (Å²) in [5.74, 6) is 1.07. The van der Waals surface area contributed by atoms with E-state index < -0.39 is 0 Å². The second kappa shape index (κ2) is 6.69. The minimum Gasteiger partial charge on any atom is -0.454 e. The molecule has 5 heteroatoms. The van der Waals surface area contributed by atoms with Crippen LogP contribution < -0.4 is 14.8 Å². The third-order valence-corrected chi connectivity index (χ3v) is 3.80. The summed E-state index contributed by atoms with van der Waals surface area (Å²) in [5.41, 5.74) is 1.77. The Bertz CT molecular complexity index is 717. The average molecular weight is 315 g/mol. The van der Waals surface area contributed by atoms with Crippen LogP contribution in [0.2, 0.25) is 0 Å². The van der Waals surface area contributed by atoms with Gasteiger partial charge < -0.3 is 14.8 Å². The zero-order chi connectivity index (χ0) is 16.2. The number of hydrogen-bond donors (Lipinski definition) is 1. The number of carbonyl (C=O) groups excluding carboxylic acids is 1. The van der Waals surface area contributed by atoms with Crippen LogP contribution in [0, 0.1) is 5.82 Å². The molecular weight excluding hydrogens is 297 g/mol. The van der Waals surface area contributed by atoms with Gasteiger partial charge in [0.05, 0.1) is 6.04 Å². The Kier molecular flexibility index (Phi) is 4.46. The molecule has 0 fully saturated rings. The fraction of sp³-hybridized carbons (Fsp3) is 0.278. The second-order valence-electron chi connectivity index (χ2n) is 5.53. The average Bonchev–Trinajstić information content (AvgIpc) is 3.00. The van der Waals surface area contributed by atoms with Crippen molar-refractivity contribution in [1.82, 2.24) is 5.32 Å². The Morgan fingerprint density at radius 2 is 2.04 bits per heavy atom. The summed E-state index contributed by atoms with van der Waals surface area (Å²) in [7, 11) is 0. The Morgan fingerprint density at radius 1 is 1.22 bits per heavy atom. The van der Waals surface area contributed by atoms with E-state index in [2.05, 4.69) is 5.32 Å². The first-order valence-corrected chi connectivity index (χ1v) is 7.55. The Hall–Kier alpha value is -2.56. The van der Waals surface area contributed by atoms with Crippen LogP contribution in [0.15, 0.2) is 42.5 Å². The molecule has 1 atom stereocenters. The second-order valence-corrected chi connectivity index (χ2v) is 5.53. The van der Waals surface area contributed by atoms with E-state index in [4.69, 9.17) is 9.47 Å². The highest BCUT2D eigenvalue weighted by atomic mass is 19.1. The van der Waals surface area contributed by atoms with Gasteiger partial charge in [0.1, 0.15) is 5.82 Å². The molecule has 4 nitrogen and oxygen atoms in total. The SMILES string of the molecule is CC(NC(=O)CCc1cccc(F)c1)c1ccc2c(c1)OCO2. The van der Waals surface area contributed by atoms with E-state index in [9.17, 15) is 9.18 Å². The number of amides is 1. The predicted molar refractivity (Wildman–Crippen MR) is 83.8 cm³/mol. The van der Waals surface area contributed by atoms with Crippen molar-refractivity contribution in [1.29, 1.82) is 0 Å². The monoisotopic (exact) mass is 315 g/mol. The van der Waals surface area contributed by atoms with Crippen molar-refractivity contribution in [2.75, 3.05) is 6.79 Å². The van der Waals surface area contributed by atoms with Crippen molar-refractivity contribution < 1.29 is 18.7 Å². The minimum atomic E-state index is -0.281. The summed E-state index contributed by atoms with van der Waals surface area (Å²) < 4.78 is 23.7. The summed E-state index contributed by atoms with van der Waals surface area (Å²) in [4.78, 5) is 12.1. The molecule has 1 aliphatic heterocycles. The molecule has 1 N–H and O–H groups in total. The molecule has 0 saturated carbocycles. The van der Waals surface area contributed by atoms with Crippen molar-refractivity contribution in [2.45, 2.75) is 25.8 Å². The van der Waals surface area contributed by atoms with Crippen LogP contribution in [0.25, 0.3) is 0 Å². The third-order valence-electron chi connectivity index (χ3n) is 3.80. The van der Waals surface area contributed by atoms with Gasteiger partial charge in [0.15, 0.2) is 11.5 Å². The quantitative estimate of drug-likeness (QED) is 0.920. The highest BCUT2D eigenvalue weighted by molar-refractivity contribution is 5.76. The van der Waals surface area contributed by atoms with Crippen LogP contribution >= 0.6 is 0 Å². The lowest BCUT2D eigenvalue weighted by Crippen LogP contribution is -2.26. The fourth-order valence-corrected chi connectivity index (χ4v) is 2.53. The number of aryl methyl sites for hydroxylation is 1. The maximum atomic E-state index is 13.1. The number of ether oxygens (including phenoxy) is 2. The van der Waals surface area contributed by atoms with Gasteiger partial charge in [-0.3, -0.25) is 4.79 Å². The third kappa shape index (κ3) is 3.80. The number of hydrogen-bond acceptors (Lipinski definition) is 3. The predicted octanol–water partition coefficient (Wildman–Crippen LogP) is 3.36. The maximum Gasteiger partial charge on any atom is 0.231 e. The standard InChI is InChI=1S/C18H18FNO3/c1-12(14-6-7-16-17(10-14)23-11-22-16)20-18(21)8-5-13-3-2-4-15(19)9-13/h2-4,6-7,9-10,12H,5,8,11H2,1H3,(H,20,21). The molecule has 120 valence electrons. The number of fused-ring (bicyclic) bond motifs is 1. The molecule has 2 aromatic rings. The molecule has 0 aromatic heterocycles. The summed E-state index contributed by atoms with van der Waals surface area (Å²) >= 11 is 0. The number of carbonyl (C=O) groups is 1. The molecule has 2 aromatic carbocycles. The summed E-state index contributed by atoms with van der Waals surface area (Å²) in [5, 5.41) is 2.94. The topological polar surface area (TPSA) is 47.6 Å². The van der Waals surface area contributed by atoms with Crippen molar-refractivity contribution in [3.8, 4) is 11.5 Å². The van der Waals surface area contributed by atoms with E-state index in [1.54, 1.807) is 6.07 Å². The number of halogens is 1. The van der Waals surface area contributed by atoms with Crippen molar-refractivity contribution in [2.24, 2.45) is 0 Å². The lowest BCUT2D eigenvalue weighted by Gasteiger charge is -2.15. The van der Waals surface area contributed by atoms with Gasteiger partial charge in [0, 0.05) is 6.42 Å². The van der Waals surface area contributed by atoms with Gasteiger partial charge in [-0.1, -0.05) is 18.2 Å². The van der Waals surface area contributed by atoms with Crippen LogP contribution in [0.4, 0.5) is 4.39 Å². The van der Waals surface area contributed by atoms with Gasteiger partial charge in [-0.15, -0.1) is 0 Å². The van der Waals surface area contributed by atoms with Crippen LogP contribution in [0.3, 0.4) is 0 Å². The number of rotatable bonds is 5. The highest BCUT2D eigenvalue weighted by Gasteiger charge is 2.16. The van der Waals surface area contributed by atoms with Gasteiger partial charge in [-0.05, 0) is 48.7 Å². The van der Waals surface area contributed by atoms with Gasteiger partial charge >= 0.3 is 0 Å². The van der Waals surface area contributed by atoms with E-state index >= 15 is 0 Å². The molecule has 0 saturated heterocycles. The first-order chi connectivity index (χ1) is 11.1. The molecule has 0 bridgehead atoms. The molecule has 1 amide bonds. The van der Waals surface area contributed by atoms with Crippen molar-refractivity contribution >= 4 is 5.91 Å². The van der Waals surface area contributed by atoms with Crippen molar-refractivity contribution in [3.63, 3.8) is 0 Å². The van der Waals surface area contributed by atoms with E-state index in [0.717, 1.165) is 16.9 Å². The fourth-order valence-electron chi connectivity index (χ4n) is 2.53. The minimum absolute atomic E-state index is 0.0700. The van der Waals surface area contributed by atoms with Gasteiger partial charge in [-0.2, -0.15) is 0 Å². The maximum absolute atomic E-state index is 13.1. The summed E-state index contributed by atoms with van der Waals surface area (Å²) in [6.45, 7) is 2.14. The molecule has 1 unspecified atom stereocenters. The van der Waals surface area contributed by atoms with E-state index in [1.807, 2.05) is 31.2 Å². The molecule has 1 aliphatic rings. The van der Waals surface area contributed by atoms with Crippen LogP contribution in [-0.2, 0) is 11.2 Å². The molecule has 1 heterocycles. The lowest BCUT2D eigenvalue weighted by molar-refractivity contribution is -0.121. The molecule has 0 radical (unpaired) electrons. The van der Waals surface area contributed by atoms with Crippen LogP contribution in [0.5, 0.6) is 11.5 Å². The molecule has 0 spiro atoms. The Labute approximate surface area is 134 Å². The smallest absolute Gasteiger partial charge is 0.231 e. The van der Waals surface area contributed by atoms with Crippen molar-refractivity contribution in [3.05, 3.63) is 59.4 Å². The highest BCUT2D eigenvalue weighted by Crippen LogP contribution is 2.34. The van der Waals surface area contributed by atoms with Gasteiger partial charge in [0.2, 0.25) is 12.7 Å². The molecule has 23 heavy (non-hydrogen) atoms. The summed E-state index contributed by atoms with van der Waals surface area (Å²) in [6.07, 6.45) is 0.829.